The Labute approximate surface area is 184 Å². The highest BCUT2D eigenvalue weighted by Crippen LogP contribution is 2.26. The van der Waals surface area contributed by atoms with Crippen molar-refractivity contribution >= 4 is 5.65 Å². The van der Waals surface area contributed by atoms with Crippen LogP contribution >= 0.6 is 0 Å². The highest BCUT2D eigenvalue weighted by atomic mass is 16.5. The molecule has 2 aromatic carbocycles. The second kappa shape index (κ2) is 9.31. The van der Waals surface area contributed by atoms with Crippen molar-refractivity contribution in [3.05, 3.63) is 72.4 Å². The van der Waals surface area contributed by atoms with Crippen molar-refractivity contribution in [2.24, 2.45) is 0 Å². The molecule has 0 aliphatic heterocycles. The van der Waals surface area contributed by atoms with Gasteiger partial charge in [-0.1, -0.05) is 38.1 Å². The van der Waals surface area contributed by atoms with Crippen molar-refractivity contribution in [2.45, 2.75) is 26.2 Å². The van der Waals surface area contributed by atoms with Crippen molar-refractivity contribution in [1.29, 1.82) is 0 Å². The zero-order valence-corrected chi connectivity index (χ0v) is 18.7. The summed E-state index contributed by atoms with van der Waals surface area (Å²) in [5.41, 5.74) is 5.53. The predicted molar refractivity (Wildman–Crippen MR) is 127 cm³/mol. The van der Waals surface area contributed by atoms with E-state index in [1.54, 1.807) is 0 Å². The summed E-state index contributed by atoms with van der Waals surface area (Å²) in [4.78, 5) is 2.16. The van der Waals surface area contributed by atoms with Gasteiger partial charge >= 0.3 is 0 Å². The average Bonchev–Trinajstić information content (AvgIpc) is 3.20. The first-order valence-corrected chi connectivity index (χ1v) is 10.8. The molecule has 2 aromatic heterocycles. The van der Waals surface area contributed by atoms with Crippen LogP contribution in [-0.4, -0.2) is 46.7 Å². The second-order valence-electron chi connectivity index (χ2n) is 8.48. The van der Waals surface area contributed by atoms with Crippen LogP contribution in [0.5, 0.6) is 5.75 Å². The van der Waals surface area contributed by atoms with Gasteiger partial charge < -0.3 is 9.64 Å². The Morgan fingerprint density at radius 2 is 1.52 bits per heavy atom. The molecule has 0 saturated carbocycles. The summed E-state index contributed by atoms with van der Waals surface area (Å²) >= 11 is 0. The molecule has 0 saturated heterocycles. The Kier molecular flexibility index (Phi) is 6.33. The van der Waals surface area contributed by atoms with Gasteiger partial charge in [0.05, 0.1) is 6.61 Å². The monoisotopic (exact) mass is 414 g/mol. The Balaban J connectivity index is 1.55. The number of aromatic nitrogens is 3. The summed E-state index contributed by atoms with van der Waals surface area (Å²) in [7, 11) is 4.15. The zero-order valence-electron chi connectivity index (χ0n) is 18.7. The number of hydrogen-bond acceptors (Lipinski definition) is 4. The minimum atomic E-state index is 0.529. The Bertz CT molecular complexity index is 1130. The number of nitrogens with zero attached hydrogens (tertiary/aromatic N) is 4. The van der Waals surface area contributed by atoms with Crippen molar-refractivity contribution in [2.75, 3.05) is 27.2 Å². The third kappa shape index (κ3) is 4.94. The van der Waals surface area contributed by atoms with Crippen LogP contribution in [0.1, 0.15) is 31.7 Å². The van der Waals surface area contributed by atoms with Gasteiger partial charge in [0.2, 0.25) is 0 Å². The highest BCUT2D eigenvalue weighted by Gasteiger charge is 2.10. The summed E-state index contributed by atoms with van der Waals surface area (Å²) in [5.74, 6) is 2.23. The first-order valence-electron chi connectivity index (χ1n) is 10.8. The second-order valence-corrected chi connectivity index (χ2v) is 8.48. The third-order valence-electron chi connectivity index (χ3n) is 5.44. The highest BCUT2D eigenvalue weighted by molar-refractivity contribution is 5.67. The van der Waals surface area contributed by atoms with Gasteiger partial charge in [0.25, 0.3) is 0 Å². The maximum absolute atomic E-state index is 5.85. The van der Waals surface area contributed by atoms with Crippen molar-refractivity contribution in [3.63, 3.8) is 0 Å². The lowest BCUT2D eigenvalue weighted by molar-refractivity contribution is 0.281. The molecule has 0 unspecified atom stereocenters. The summed E-state index contributed by atoms with van der Waals surface area (Å²) < 4.78 is 7.90. The minimum absolute atomic E-state index is 0.529. The lowest BCUT2D eigenvalue weighted by Crippen LogP contribution is -2.15. The largest absolute Gasteiger partial charge is 0.494 e. The number of rotatable bonds is 8. The molecule has 160 valence electrons. The van der Waals surface area contributed by atoms with E-state index in [1.165, 1.54) is 11.1 Å². The molecule has 0 bridgehead atoms. The van der Waals surface area contributed by atoms with Gasteiger partial charge in [-0.15, -0.1) is 10.2 Å². The fourth-order valence-electron chi connectivity index (χ4n) is 3.59. The number of fused-ring (bicyclic) bond motifs is 1. The van der Waals surface area contributed by atoms with Crippen LogP contribution < -0.4 is 4.74 Å². The van der Waals surface area contributed by atoms with Crippen LogP contribution in [0.3, 0.4) is 0 Å². The first kappa shape index (κ1) is 21.1. The van der Waals surface area contributed by atoms with Crippen LogP contribution in [0, 0.1) is 0 Å². The summed E-state index contributed by atoms with van der Waals surface area (Å²) in [6, 6.07) is 21.0. The summed E-state index contributed by atoms with van der Waals surface area (Å²) in [5, 5.41) is 8.77. The van der Waals surface area contributed by atoms with Gasteiger partial charge in [-0.05, 0) is 79.5 Å². The molecule has 0 atom stereocenters. The Hall–Kier alpha value is -3.18. The zero-order chi connectivity index (χ0) is 21.8. The molecular weight excluding hydrogens is 384 g/mol. The molecular formula is C26H30N4O. The molecule has 5 nitrogen and oxygen atoms in total. The maximum atomic E-state index is 5.85. The molecule has 0 radical (unpaired) electrons. The fourth-order valence-corrected chi connectivity index (χ4v) is 3.59. The van der Waals surface area contributed by atoms with Gasteiger partial charge in [0.1, 0.15) is 5.75 Å². The van der Waals surface area contributed by atoms with E-state index in [9.17, 15) is 0 Å². The molecule has 31 heavy (non-hydrogen) atoms. The summed E-state index contributed by atoms with van der Waals surface area (Å²) in [6.45, 7) is 6.16. The van der Waals surface area contributed by atoms with Crippen LogP contribution in [0.25, 0.3) is 28.2 Å². The standard InChI is InChI=1S/C26H30N4O/c1-19(2)20-6-8-21(9-7-20)23-12-15-25-27-28-26(30(25)18-23)22-10-13-24(14-11-22)31-17-5-16-29(3)4/h6-15,18-19H,5,16-17H2,1-4H3. The van der Waals surface area contributed by atoms with E-state index in [2.05, 4.69) is 84.0 Å². The number of hydrogen-bond donors (Lipinski definition) is 0. The van der Waals surface area contributed by atoms with Crippen LogP contribution in [0.2, 0.25) is 0 Å². The average molecular weight is 415 g/mol. The molecule has 4 rings (SSSR count). The molecule has 4 aromatic rings. The van der Waals surface area contributed by atoms with Gasteiger partial charge in [0.15, 0.2) is 11.5 Å². The quantitative estimate of drug-likeness (QED) is 0.356. The van der Waals surface area contributed by atoms with Crippen LogP contribution in [-0.2, 0) is 0 Å². The van der Waals surface area contributed by atoms with E-state index in [1.807, 2.05) is 30.3 Å². The molecule has 0 aliphatic rings. The predicted octanol–water partition coefficient (Wildman–Crippen LogP) is 5.52. The van der Waals surface area contributed by atoms with E-state index < -0.39 is 0 Å². The topological polar surface area (TPSA) is 42.7 Å². The van der Waals surface area contributed by atoms with Crippen molar-refractivity contribution in [1.82, 2.24) is 19.5 Å². The molecule has 0 spiro atoms. The molecule has 0 N–H and O–H groups in total. The molecule has 0 fully saturated rings. The van der Waals surface area contributed by atoms with Crippen molar-refractivity contribution < 1.29 is 4.74 Å². The summed E-state index contributed by atoms with van der Waals surface area (Å²) in [6.07, 6.45) is 3.12. The third-order valence-corrected chi connectivity index (χ3v) is 5.44. The van der Waals surface area contributed by atoms with Crippen LogP contribution in [0.4, 0.5) is 0 Å². The van der Waals surface area contributed by atoms with E-state index in [-0.39, 0.29) is 0 Å². The van der Waals surface area contributed by atoms with E-state index >= 15 is 0 Å². The Morgan fingerprint density at radius 1 is 0.839 bits per heavy atom. The van der Waals surface area contributed by atoms with E-state index in [4.69, 9.17) is 4.74 Å². The van der Waals surface area contributed by atoms with E-state index in [0.717, 1.165) is 41.3 Å². The molecule has 5 heteroatoms. The minimum Gasteiger partial charge on any atom is -0.494 e. The Morgan fingerprint density at radius 3 is 2.19 bits per heavy atom. The van der Waals surface area contributed by atoms with Crippen molar-refractivity contribution in [3.8, 4) is 28.3 Å². The number of benzene rings is 2. The lowest BCUT2D eigenvalue weighted by atomic mass is 9.99. The van der Waals surface area contributed by atoms with Crippen LogP contribution in [0.15, 0.2) is 66.9 Å². The maximum Gasteiger partial charge on any atom is 0.168 e. The molecule has 0 amide bonds. The molecule has 0 aliphatic carbocycles. The smallest absolute Gasteiger partial charge is 0.168 e. The lowest BCUT2D eigenvalue weighted by Gasteiger charge is -2.10. The van der Waals surface area contributed by atoms with Gasteiger partial charge in [-0.2, -0.15) is 0 Å². The van der Waals surface area contributed by atoms with Gasteiger partial charge in [-0.25, -0.2) is 0 Å². The normalized spacial score (nSPS) is 11.5. The number of pyridine rings is 1. The van der Waals surface area contributed by atoms with Gasteiger partial charge in [-0.3, -0.25) is 4.40 Å². The van der Waals surface area contributed by atoms with E-state index in [0.29, 0.717) is 12.5 Å². The number of ether oxygens (including phenoxy) is 1. The molecule has 2 heterocycles. The fraction of sp³-hybridized carbons (Fsp3) is 0.308. The van der Waals surface area contributed by atoms with Gasteiger partial charge in [0, 0.05) is 18.3 Å². The SMILES string of the molecule is CC(C)c1ccc(-c2ccc3nnc(-c4ccc(OCCCN(C)C)cc4)n3c2)cc1. The first-order chi connectivity index (χ1) is 15.0.